The smallest absolute Gasteiger partial charge is 0.264 e. The van der Waals surface area contributed by atoms with Crippen molar-refractivity contribution in [2.75, 3.05) is 16.8 Å². The molecular formula is C23H20N6O2. The van der Waals surface area contributed by atoms with E-state index in [1.165, 1.54) is 22.5 Å². The van der Waals surface area contributed by atoms with Gasteiger partial charge in [-0.1, -0.05) is 30.3 Å². The molecule has 5 rings (SSSR count). The molecule has 31 heavy (non-hydrogen) atoms. The van der Waals surface area contributed by atoms with Crippen molar-refractivity contribution in [1.82, 2.24) is 20.0 Å². The van der Waals surface area contributed by atoms with Crippen LogP contribution in [0.2, 0.25) is 0 Å². The SMILES string of the molecule is Cc1c(C(=O)Nc2ccccc2N2CCc3ccccc32)cnn1-c1ccc(=O)[nH]n1. The van der Waals surface area contributed by atoms with Crippen LogP contribution in [0, 0.1) is 6.92 Å². The van der Waals surface area contributed by atoms with Crippen LogP contribution in [-0.2, 0) is 6.42 Å². The molecular weight excluding hydrogens is 392 g/mol. The molecule has 0 fully saturated rings. The Hall–Kier alpha value is -4.20. The van der Waals surface area contributed by atoms with E-state index < -0.39 is 0 Å². The highest BCUT2D eigenvalue weighted by atomic mass is 16.1. The molecule has 1 aliphatic heterocycles. The van der Waals surface area contributed by atoms with Crippen molar-refractivity contribution in [2.24, 2.45) is 0 Å². The first-order chi connectivity index (χ1) is 15.1. The third kappa shape index (κ3) is 3.38. The summed E-state index contributed by atoms with van der Waals surface area (Å²) in [5, 5.41) is 13.7. The third-order valence-electron chi connectivity index (χ3n) is 5.47. The van der Waals surface area contributed by atoms with E-state index in [1.807, 2.05) is 36.4 Å². The number of anilines is 3. The lowest BCUT2D eigenvalue weighted by atomic mass is 10.1. The Bertz CT molecular complexity index is 1320. The topological polar surface area (TPSA) is 95.9 Å². The monoisotopic (exact) mass is 412 g/mol. The second-order valence-corrected chi connectivity index (χ2v) is 7.34. The molecule has 2 aromatic heterocycles. The molecule has 3 heterocycles. The van der Waals surface area contributed by atoms with Gasteiger partial charge in [0, 0.05) is 18.3 Å². The van der Waals surface area contributed by atoms with Crippen LogP contribution < -0.4 is 15.8 Å². The maximum Gasteiger partial charge on any atom is 0.264 e. The standard InChI is InChI=1S/C23H20N6O2/c1-15-17(14-24-29(15)21-10-11-22(30)27-26-21)23(31)25-18-7-3-5-9-20(18)28-13-12-16-6-2-4-8-19(16)28/h2-11,14H,12-13H2,1H3,(H,25,31)(H,27,30). The third-order valence-corrected chi connectivity index (χ3v) is 5.47. The van der Waals surface area contributed by atoms with Crippen molar-refractivity contribution in [3.05, 3.63) is 94.0 Å². The molecule has 0 atom stereocenters. The van der Waals surface area contributed by atoms with Gasteiger partial charge in [0.25, 0.3) is 11.5 Å². The minimum atomic E-state index is -0.299. The van der Waals surface area contributed by atoms with Gasteiger partial charge in [-0.05, 0) is 43.2 Å². The van der Waals surface area contributed by atoms with Crippen LogP contribution in [0.15, 0.2) is 71.7 Å². The largest absolute Gasteiger partial charge is 0.339 e. The molecule has 0 unspecified atom stereocenters. The van der Waals surface area contributed by atoms with Crippen LogP contribution in [-0.4, -0.2) is 32.4 Å². The van der Waals surface area contributed by atoms with Crippen molar-refractivity contribution in [1.29, 1.82) is 0 Å². The number of carbonyl (C=O) groups excluding carboxylic acids is 1. The molecule has 0 aliphatic carbocycles. The predicted octanol–water partition coefficient (Wildman–Crippen LogP) is 3.21. The van der Waals surface area contributed by atoms with Crippen LogP contribution in [0.4, 0.5) is 17.1 Å². The normalized spacial score (nSPS) is 12.6. The summed E-state index contributed by atoms with van der Waals surface area (Å²) in [6, 6.07) is 19.0. The summed E-state index contributed by atoms with van der Waals surface area (Å²) in [7, 11) is 0. The van der Waals surface area contributed by atoms with E-state index in [2.05, 4.69) is 37.6 Å². The summed E-state index contributed by atoms with van der Waals surface area (Å²) in [5.41, 5.74) is 4.91. The number of H-pyrrole nitrogens is 1. The quantitative estimate of drug-likeness (QED) is 0.537. The maximum atomic E-state index is 13.1. The number of fused-ring (bicyclic) bond motifs is 1. The minimum absolute atomic E-state index is 0.256. The van der Waals surface area contributed by atoms with E-state index in [4.69, 9.17) is 0 Å². The lowest BCUT2D eigenvalue weighted by Gasteiger charge is -2.23. The van der Waals surface area contributed by atoms with Crippen LogP contribution in [0.5, 0.6) is 0 Å². The zero-order valence-electron chi connectivity index (χ0n) is 16.9. The van der Waals surface area contributed by atoms with Crippen LogP contribution in [0.25, 0.3) is 5.82 Å². The number of benzene rings is 2. The lowest BCUT2D eigenvalue weighted by Crippen LogP contribution is -2.19. The van der Waals surface area contributed by atoms with Gasteiger partial charge in [0.05, 0.1) is 28.8 Å². The van der Waals surface area contributed by atoms with Gasteiger partial charge in [0.2, 0.25) is 0 Å². The number of para-hydroxylation sites is 3. The van der Waals surface area contributed by atoms with Crippen molar-refractivity contribution >= 4 is 23.0 Å². The second kappa shape index (κ2) is 7.56. The molecule has 8 nitrogen and oxygen atoms in total. The molecule has 0 bridgehead atoms. The molecule has 1 amide bonds. The van der Waals surface area contributed by atoms with Crippen LogP contribution in [0.1, 0.15) is 21.6 Å². The summed E-state index contributed by atoms with van der Waals surface area (Å²) in [4.78, 5) is 26.6. The van der Waals surface area contributed by atoms with E-state index in [0.717, 1.165) is 30.0 Å². The van der Waals surface area contributed by atoms with Gasteiger partial charge in [-0.25, -0.2) is 9.78 Å². The number of hydrogen-bond acceptors (Lipinski definition) is 5. The molecule has 154 valence electrons. The fourth-order valence-electron chi connectivity index (χ4n) is 3.91. The fraction of sp³-hybridized carbons (Fsp3) is 0.130. The van der Waals surface area contributed by atoms with Gasteiger partial charge in [0.15, 0.2) is 5.82 Å². The van der Waals surface area contributed by atoms with Gasteiger partial charge in [-0.15, -0.1) is 0 Å². The number of rotatable bonds is 4. The average Bonchev–Trinajstić information content (AvgIpc) is 3.38. The highest BCUT2D eigenvalue weighted by Gasteiger charge is 2.23. The lowest BCUT2D eigenvalue weighted by molar-refractivity contribution is 0.102. The predicted molar refractivity (Wildman–Crippen MR) is 118 cm³/mol. The van der Waals surface area contributed by atoms with Crippen LogP contribution >= 0.6 is 0 Å². The molecule has 2 aromatic carbocycles. The first-order valence-corrected chi connectivity index (χ1v) is 9.98. The van der Waals surface area contributed by atoms with Gasteiger partial charge in [-0.3, -0.25) is 9.59 Å². The Morgan fingerprint density at radius 2 is 1.81 bits per heavy atom. The van der Waals surface area contributed by atoms with Gasteiger partial charge < -0.3 is 10.2 Å². The van der Waals surface area contributed by atoms with Gasteiger partial charge >= 0.3 is 0 Å². The summed E-state index contributed by atoms with van der Waals surface area (Å²) in [6.45, 7) is 2.65. The number of nitrogens with zero attached hydrogens (tertiary/aromatic N) is 4. The summed E-state index contributed by atoms with van der Waals surface area (Å²) >= 11 is 0. The maximum absolute atomic E-state index is 13.1. The van der Waals surface area contributed by atoms with E-state index in [-0.39, 0.29) is 11.5 Å². The van der Waals surface area contributed by atoms with Crippen molar-refractivity contribution in [3.63, 3.8) is 0 Å². The van der Waals surface area contributed by atoms with Crippen molar-refractivity contribution in [2.45, 2.75) is 13.3 Å². The highest BCUT2D eigenvalue weighted by molar-refractivity contribution is 6.07. The van der Waals surface area contributed by atoms with Crippen LogP contribution in [0.3, 0.4) is 0 Å². The molecule has 1 aliphatic rings. The summed E-state index contributed by atoms with van der Waals surface area (Å²) in [6.07, 6.45) is 2.47. The number of amides is 1. The summed E-state index contributed by atoms with van der Waals surface area (Å²) in [5.74, 6) is 0.179. The second-order valence-electron chi connectivity index (χ2n) is 7.34. The molecule has 8 heteroatoms. The number of hydrogen-bond donors (Lipinski definition) is 2. The number of carbonyl (C=O) groups is 1. The first kappa shape index (κ1) is 18.8. The van der Waals surface area contributed by atoms with Gasteiger partial charge in [-0.2, -0.15) is 10.2 Å². The van der Waals surface area contributed by atoms with E-state index in [9.17, 15) is 9.59 Å². The van der Waals surface area contributed by atoms with Crippen molar-refractivity contribution in [3.8, 4) is 5.82 Å². The molecule has 2 N–H and O–H groups in total. The van der Waals surface area contributed by atoms with Gasteiger partial charge in [0.1, 0.15) is 0 Å². The number of aromatic amines is 1. The molecule has 0 radical (unpaired) electrons. The molecule has 0 saturated heterocycles. The Balaban J connectivity index is 1.44. The summed E-state index contributed by atoms with van der Waals surface area (Å²) < 4.78 is 1.52. The molecule has 4 aromatic rings. The fourth-order valence-corrected chi connectivity index (χ4v) is 3.91. The van der Waals surface area contributed by atoms with E-state index in [1.54, 1.807) is 13.0 Å². The molecule has 0 saturated carbocycles. The zero-order valence-corrected chi connectivity index (χ0v) is 16.9. The first-order valence-electron chi connectivity index (χ1n) is 9.98. The Morgan fingerprint density at radius 3 is 2.61 bits per heavy atom. The Kier molecular flexibility index (Phi) is 4.59. The van der Waals surface area contributed by atoms with E-state index in [0.29, 0.717) is 17.1 Å². The highest BCUT2D eigenvalue weighted by Crippen LogP contribution is 2.38. The number of nitrogens with one attached hydrogen (secondary N) is 2. The minimum Gasteiger partial charge on any atom is -0.339 e. The zero-order chi connectivity index (χ0) is 21.4. The van der Waals surface area contributed by atoms with Crippen molar-refractivity contribution < 1.29 is 4.79 Å². The average molecular weight is 412 g/mol. The number of aromatic nitrogens is 4. The Morgan fingerprint density at radius 1 is 1.03 bits per heavy atom. The van der Waals surface area contributed by atoms with E-state index >= 15 is 0 Å². The molecule has 0 spiro atoms. The Labute approximate surface area is 178 Å².